The number of carbonyl (C=O) groups is 1. The summed E-state index contributed by atoms with van der Waals surface area (Å²) in [6.45, 7) is 4.36. The maximum atomic E-state index is 12.5. The topological polar surface area (TPSA) is 66.9 Å². The van der Waals surface area contributed by atoms with Gasteiger partial charge in [0.05, 0.1) is 5.56 Å². The van der Waals surface area contributed by atoms with Crippen molar-refractivity contribution in [1.82, 2.24) is 9.97 Å². The largest absolute Gasteiger partial charge is 0.416 e. The summed E-state index contributed by atoms with van der Waals surface area (Å²) >= 11 is 0. The zero-order valence-corrected chi connectivity index (χ0v) is 13.2. The van der Waals surface area contributed by atoms with Crippen LogP contribution in [0.3, 0.4) is 0 Å². The van der Waals surface area contributed by atoms with Crippen molar-refractivity contribution < 1.29 is 18.0 Å². The van der Waals surface area contributed by atoms with Gasteiger partial charge in [-0.2, -0.15) is 13.2 Å². The molecule has 24 heavy (non-hydrogen) atoms. The Balaban J connectivity index is 2.13. The first-order valence-corrected chi connectivity index (χ1v) is 7.37. The monoisotopic (exact) mass is 338 g/mol. The predicted molar refractivity (Wildman–Crippen MR) is 84.9 cm³/mol. The number of nitrogens with one attached hydrogen (secondary N) is 2. The van der Waals surface area contributed by atoms with E-state index in [1.165, 1.54) is 18.2 Å². The highest BCUT2D eigenvalue weighted by Gasteiger charge is 2.30. The van der Waals surface area contributed by atoms with E-state index in [1.807, 2.05) is 6.92 Å². The number of hydrogen-bond acceptors (Lipinski definition) is 4. The molecule has 0 aliphatic carbocycles. The number of rotatable bonds is 5. The molecular formula is C16H17F3N4O. The van der Waals surface area contributed by atoms with E-state index >= 15 is 0 Å². The van der Waals surface area contributed by atoms with Gasteiger partial charge in [0.25, 0.3) is 5.91 Å². The van der Waals surface area contributed by atoms with Crippen LogP contribution < -0.4 is 10.6 Å². The molecule has 1 heterocycles. The molecule has 5 nitrogen and oxygen atoms in total. The van der Waals surface area contributed by atoms with Gasteiger partial charge in [-0.15, -0.1) is 0 Å². The number of halogens is 3. The van der Waals surface area contributed by atoms with Crippen molar-refractivity contribution in [3.63, 3.8) is 0 Å². The third-order valence-corrected chi connectivity index (χ3v) is 3.10. The maximum Gasteiger partial charge on any atom is 0.416 e. The van der Waals surface area contributed by atoms with Gasteiger partial charge in [-0.1, -0.05) is 6.92 Å². The number of alkyl halides is 3. The molecule has 0 saturated carbocycles. The molecule has 2 rings (SSSR count). The minimum atomic E-state index is -4.41. The standard InChI is InChI=1S/C16H17F3N4O/c1-3-8-20-14-9-13(21-10(2)22-14)15(24)23-12-6-4-11(5-7-12)16(17,18)19/h4-7,9H,3,8H2,1-2H3,(H,23,24)(H,20,21,22). The van der Waals surface area contributed by atoms with Crippen molar-refractivity contribution in [2.45, 2.75) is 26.4 Å². The number of aromatic nitrogens is 2. The van der Waals surface area contributed by atoms with E-state index < -0.39 is 17.6 Å². The Morgan fingerprint density at radius 3 is 2.42 bits per heavy atom. The molecule has 0 aliphatic heterocycles. The number of amides is 1. The van der Waals surface area contributed by atoms with E-state index in [2.05, 4.69) is 20.6 Å². The summed E-state index contributed by atoms with van der Waals surface area (Å²) in [7, 11) is 0. The molecule has 0 unspecified atom stereocenters. The lowest BCUT2D eigenvalue weighted by Crippen LogP contribution is -2.16. The summed E-state index contributed by atoms with van der Waals surface area (Å²) in [6, 6.07) is 5.72. The van der Waals surface area contributed by atoms with Gasteiger partial charge in [0.2, 0.25) is 0 Å². The molecule has 0 spiro atoms. The Morgan fingerprint density at radius 2 is 1.83 bits per heavy atom. The van der Waals surface area contributed by atoms with Crippen LogP contribution in [-0.2, 0) is 6.18 Å². The first-order valence-electron chi connectivity index (χ1n) is 7.37. The second kappa shape index (κ2) is 7.29. The molecule has 8 heteroatoms. The summed E-state index contributed by atoms with van der Waals surface area (Å²) in [5.41, 5.74) is -0.377. The van der Waals surface area contributed by atoms with Gasteiger partial charge in [0.1, 0.15) is 17.3 Å². The molecule has 0 saturated heterocycles. The number of benzene rings is 1. The van der Waals surface area contributed by atoms with Gasteiger partial charge in [-0.3, -0.25) is 4.79 Å². The quantitative estimate of drug-likeness (QED) is 0.868. The Kier molecular flexibility index (Phi) is 5.38. The van der Waals surface area contributed by atoms with Crippen LogP contribution in [0.25, 0.3) is 0 Å². The SMILES string of the molecule is CCCNc1cc(C(=O)Nc2ccc(C(F)(F)F)cc2)nc(C)n1. The van der Waals surface area contributed by atoms with Crippen molar-refractivity contribution in [1.29, 1.82) is 0 Å². The van der Waals surface area contributed by atoms with Crippen LogP contribution in [-0.4, -0.2) is 22.4 Å². The van der Waals surface area contributed by atoms with Crippen LogP contribution in [0.5, 0.6) is 0 Å². The van der Waals surface area contributed by atoms with Crippen LogP contribution in [0.2, 0.25) is 0 Å². The van der Waals surface area contributed by atoms with Crippen LogP contribution in [0.15, 0.2) is 30.3 Å². The van der Waals surface area contributed by atoms with Crippen molar-refractivity contribution in [3.8, 4) is 0 Å². The lowest BCUT2D eigenvalue weighted by atomic mass is 10.2. The highest BCUT2D eigenvalue weighted by Crippen LogP contribution is 2.29. The first kappa shape index (κ1) is 17.7. The Labute approximate surface area is 137 Å². The first-order chi connectivity index (χ1) is 11.3. The molecule has 0 radical (unpaired) electrons. The molecule has 0 bridgehead atoms. The molecule has 1 amide bonds. The summed E-state index contributed by atoms with van der Waals surface area (Å²) in [6.07, 6.45) is -3.51. The molecule has 2 aromatic rings. The van der Waals surface area contributed by atoms with Crippen LogP contribution in [0, 0.1) is 6.92 Å². The lowest BCUT2D eigenvalue weighted by molar-refractivity contribution is -0.137. The van der Waals surface area contributed by atoms with Gasteiger partial charge in [-0.05, 0) is 37.6 Å². The number of anilines is 2. The number of carbonyl (C=O) groups excluding carboxylic acids is 1. The van der Waals surface area contributed by atoms with E-state index in [1.54, 1.807) is 6.92 Å². The van der Waals surface area contributed by atoms with Gasteiger partial charge in [0.15, 0.2) is 0 Å². The van der Waals surface area contributed by atoms with Gasteiger partial charge in [0, 0.05) is 18.3 Å². The molecule has 128 valence electrons. The summed E-state index contributed by atoms with van der Waals surface area (Å²) in [5.74, 6) is 0.440. The van der Waals surface area contributed by atoms with E-state index in [-0.39, 0.29) is 11.4 Å². The van der Waals surface area contributed by atoms with Crippen molar-refractivity contribution in [2.24, 2.45) is 0 Å². The fraction of sp³-hybridized carbons (Fsp3) is 0.312. The molecule has 2 N–H and O–H groups in total. The Morgan fingerprint density at radius 1 is 1.17 bits per heavy atom. The highest BCUT2D eigenvalue weighted by molar-refractivity contribution is 6.03. The van der Waals surface area contributed by atoms with Gasteiger partial charge in [-0.25, -0.2) is 9.97 Å². The number of hydrogen-bond donors (Lipinski definition) is 2. The zero-order valence-electron chi connectivity index (χ0n) is 13.2. The van der Waals surface area contributed by atoms with Gasteiger partial charge >= 0.3 is 6.18 Å². The third kappa shape index (κ3) is 4.68. The average molecular weight is 338 g/mol. The second-order valence-electron chi connectivity index (χ2n) is 5.14. The minimum Gasteiger partial charge on any atom is -0.370 e. The van der Waals surface area contributed by atoms with Crippen molar-refractivity contribution in [3.05, 3.63) is 47.4 Å². The van der Waals surface area contributed by atoms with Crippen molar-refractivity contribution in [2.75, 3.05) is 17.2 Å². The second-order valence-corrected chi connectivity index (χ2v) is 5.14. The predicted octanol–water partition coefficient (Wildman–Crippen LogP) is 3.88. The Bertz CT molecular complexity index is 714. The lowest BCUT2D eigenvalue weighted by Gasteiger charge is -2.10. The number of aryl methyl sites for hydroxylation is 1. The van der Waals surface area contributed by atoms with Crippen LogP contribution in [0.4, 0.5) is 24.7 Å². The number of nitrogens with zero attached hydrogens (tertiary/aromatic N) is 2. The highest BCUT2D eigenvalue weighted by atomic mass is 19.4. The van der Waals surface area contributed by atoms with Crippen LogP contribution in [0.1, 0.15) is 35.2 Å². The Hall–Kier alpha value is -2.64. The molecule has 0 aliphatic rings. The summed E-state index contributed by atoms with van der Waals surface area (Å²) in [5, 5.41) is 5.59. The minimum absolute atomic E-state index is 0.140. The summed E-state index contributed by atoms with van der Waals surface area (Å²) < 4.78 is 37.6. The normalized spacial score (nSPS) is 11.2. The van der Waals surface area contributed by atoms with Crippen molar-refractivity contribution >= 4 is 17.4 Å². The smallest absolute Gasteiger partial charge is 0.370 e. The fourth-order valence-electron chi connectivity index (χ4n) is 1.97. The van der Waals surface area contributed by atoms with Gasteiger partial charge < -0.3 is 10.6 Å². The van der Waals surface area contributed by atoms with E-state index in [0.29, 0.717) is 18.2 Å². The zero-order chi connectivity index (χ0) is 17.7. The average Bonchev–Trinajstić information content (AvgIpc) is 2.52. The maximum absolute atomic E-state index is 12.5. The fourth-order valence-corrected chi connectivity index (χ4v) is 1.97. The van der Waals surface area contributed by atoms with E-state index in [4.69, 9.17) is 0 Å². The molecule has 1 aromatic heterocycles. The van der Waals surface area contributed by atoms with Crippen LogP contribution >= 0.6 is 0 Å². The van der Waals surface area contributed by atoms with E-state index in [0.717, 1.165) is 18.6 Å². The summed E-state index contributed by atoms with van der Waals surface area (Å²) in [4.78, 5) is 20.4. The molecule has 1 aromatic carbocycles. The molecule has 0 fully saturated rings. The molecule has 0 atom stereocenters. The molecular weight excluding hydrogens is 321 g/mol. The van der Waals surface area contributed by atoms with E-state index in [9.17, 15) is 18.0 Å². The third-order valence-electron chi connectivity index (χ3n) is 3.10.